The summed E-state index contributed by atoms with van der Waals surface area (Å²) in [5.74, 6) is -0.0141. The fourth-order valence-corrected chi connectivity index (χ4v) is 4.43. The van der Waals surface area contributed by atoms with E-state index in [9.17, 15) is 9.59 Å². The molecule has 4 rings (SSSR count). The number of fused-ring (bicyclic) bond motifs is 1. The Morgan fingerprint density at radius 3 is 2.74 bits per heavy atom. The Morgan fingerprint density at radius 2 is 2.04 bits per heavy atom. The van der Waals surface area contributed by atoms with Crippen molar-refractivity contribution in [1.82, 2.24) is 15.1 Å². The summed E-state index contributed by atoms with van der Waals surface area (Å²) in [6, 6.07) is 5.99. The third-order valence-electron chi connectivity index (χ3n) is 5.61. The normalized spacial score (nSPS) is 26.0. The molecule has 0 bridgehead atoms. The molecule has 1 aromatic heterocycles. The van der Waals surface area contributed by atoms with Crippen LogP contribution in [-0.2, 0) is 9.53 Å². The van der Waals surface area contributed by atoms with Crippen molar-refractivity contribution < 1.29 is 14.3 Å². The average molecular weight is 434 g/mol. The highest BCUT2D eigenvalue weighted by molar-refractivity contribution is 9.10. The van der Waals surface area contributed by atoms with Crippen LogP contribution in [0.2, 0.25) is 0 Å². The predicted octanol–water partition coefficient (Wildman–Crippen LogP) is 3.99. The van der Waals surface area contributed by atoms with Gasteiger partial charge >= 0.3 is 0 Å². The Morgan fingerprint density at radius 1 is 1.22 bits per heavy atom. The summed E-state index contributed by atoms with van der Waals surface area (Å²) in [5.41, 5.74) is 1.36. The number of hydrogen-bond acceptors (Lipinski definition) is 4. The second-order valence-corrected chi connectivity index (χ2v) is 8.41. The predicted molar refractivity (Wildman–Crippen MR) is 106 cm³/mol. The lowest BCUT2D eigenvalue weighted by molar-refractivity contribution is -0.111. The van der Waals surface area contributed by atoms with Crippen LogP contribution in [0.25, 0.3) is 10.9 Å². The fraction of sp³-hybridized carbons (Fsp3) is 0.550. The van der Waals surface area contributed by atoms with Crippen LogP contribution in [0.1, 0.15) is 61.7 Å². The zero-order chi connectivity index (χ0) is 18.8. The van der Waals surface area contributed by atoms with Crippen molar-refractivity contribution in [2.75, 3.05) is 6.61 Å². The van der Waals surface area contributed by atoms with E-state index in [4.69, 9.17) is 4.74 Å². The van der Waals surface area contributed by atoms with Crippen molar-refractivity contribution in [2.45, 2.75) is 57.2 Å². The van der Waals surface area contributed by atoms with Gasteiger partial charge in [0.1, 0.15) is 6.29 Å². The van der Waals surface area contributed by atoms with Gasteiger partial charge in [0.2, 0.25) is 0 Å². The highest BCUT2D eigenvalue weighted by Crippen LogP contribution is 2.30. The highest BCUT2D eigenvalue weighted by Gasteiger charge is 2.27. The van der Waals surface area contributed by atoms with Crippen molar-refractivity contribution in [1.29, 1.82) is 0 Å². The quantitative estimate of drug-likeness (QED) is 0.739. The Labute approximate surface area is 166 Å². The molecule has 1 atom stereocenters. The van der Waals surface area contributed by atoms with Gasteiger partial charge < -0.3 is 14.8 Å². The van der Waals surface area contributed by atoms with E-state index in [0.717, 1.165) is 73.2 Å². The minimum Gasteiger partial charge on any atom is -0.356 e. The molecule has 6 nitrogen and oxygen atoms in total. The molecular formula is C20H24BrN3O3. The molecule has 0 radical (unpaired) electrons. The Balaban J connectivity index is 1.59. The van der Waals surface area contributed by atoms with E-state index in [2.05, 4.69) is 26.3 Å². The molecular weight excluding hydrogens is 410 g/mol. The number of hydrogen-bond donors (Lipinski definition) is 1. The number of amides is 1. The Hall–Kier alpha value is -1.73. The molecule has 2 aromatic rings. The number of nitrogens with one attached hydrogen (secondary N) is 1. The van der Waals surface area contributed by atoms with E-state index in [-0.39, 0.29) is 24.1 Å². The van der Waals surface area contributed by atoms with Gasteiger partial charge in [-0.25, -0.2) is 4.68 Å². The van der Waals surface area contributed by atoms with Gasteiger partial charge in [-0.3, -0.25) is 4.79 Å². The molecule has 2 aliphatic rings. The summed E-state index contributed by atoms with van der Waals surface area (Å²) in [4.78, 5) is 23.9. The number of rotatable bonds is 4. The molecule has 7 heteroatoms. The van der Waals surface area contributed by atoms with Crippen LogP contribution in [0.15, 0.2) is 22.7 Å². The van der Waals surface area contributed by atoms with Crippen LogP contribution in [0.3, 0.4) is 0 Å². The Kier molecular flexibility index (Phi) is 5.59. The SMILES string of the molecule is O=C[C@H]1CC[C@H](NC(=O)c2nn(C3CCCCO3)c3ccc(Br)cc23)CC1. The number of ether oxygens (including phenoxy) is 1. The zero-order valence-electron chi connectivity index (χ0n) is 15.2. The minimum atomic E-state index is -0.151. The van der Waals surface area contributed by atoms with Crippen LogP contribution in [0, 0.1) is 5.92 Å². The van der Waals surface area contributed by atoms with Crippen molar-refractivity contribution >= 4 is 39.0 Å². The zero-order valence-corrected chi connectivity index (χ0v) is 16.8. The van der Waals surface area contributed by atoms with E-state index < -0.39 is 0 Å². The van der Waals surface area contributed by atoms with Crippen LogP contribution >= 0.6 is 15.9 Å². The lowest BCUT2D eigenvalue weighted by atomic mass is 9.87. The first kappa shape index (κ1) is 18.6. The van der Waals surface area contributed by atoms with Gasteiger partial charge in [-0.15, -0.1) is 0 Å². The second kappa shape index (κ2) is 8.10. The molecule has 1 aromatic carbocycles. The standard InChI is InChI=1S/C20H24BrN3O3/c21-14-6-9-17-16(11-14)19(23-24(17)18-3-1-2-10-27-18)20(26)22-15-7-4-13(12-25)5-8-15/h6,9,11-13,15,18H,1-5,7-8,10H2,(H,22,26)/t13-,15-,18?. The number of benzene rings is 1. The highest BCUT2D eigenvalue weighted by atomic mass is 79.9. The second-order valence-electron chi connectivity index (χ2n) is 7.50. The van der Waals surface area contributed by atoms with Crippen molar-refractivity contribution in [2.24, 2.45) is 5.92 Å². The molecule has 1 amide bonds. The largest absolute Gasteiger partial charge is 0.356 e. The number of carbonyl (C=O) groups excluding carboxylic acids is 2. The molecule has 1 N–H and O–H groups in total. The molecule has 27 heavy (non-hydrogen) atoms. The van der Waals surface area contributed by atoms with E-state index in [0.29, 0.717) is 5.69 Å². The third kappa shape index (κ3) is 3.94. The van der Waals surface area contributed by atoms with E-state index in [1.165, 1.54) is 0 Å². The van der Waals surface area contributed by atoms with Gasteiger partial charge in [-0.2, -0.15) is 5.10 Å². The van der Waals surface area contributed by atoms with Crippen LogP contribution in [0.5, 0.6) is 0 Å². The van der Waals surface area contributed by atoms with Gasteiger partial charge in [-0.05, 0) is 63.1 Å². The molecule has 2 fully saturated rings. The van der Waals surface area contributed by atoms with Crippen LogP contribution in [0.4, 0.5) is 0 Å². The lowest BCUT2D eigenvalue weighted by Gasteiger charge is -2.26. The minimum absolute atomic E-state index is 0.104. The number of aromatic nitrogens is 2. The molecule has 0 spiro atoms. The van der Waals surface area contributed by atoms with Crippen LogP contribution in [-0.4, -0.2) is 34.6 Å². The number of aldehydes is 1. The van der Waals surface area contributed by atoms with E-state index >= 15 is 0 Å². The lowest BCUT2D eigenvalue weighted by Crippen LogP contribution is -2.38. The molecule has 1 unspecified atom stereocenters. The van der Waals surface area contributed by atoms with Gasteiger partial charge in [0.05, 0.1) is 5.52 Å². The van der Waals surface area contributed by atoms with Gasteiger partial charge in [0.15, 0.2) is 11.9 Å². The first-order valence-electron chi connectivity index (χ1n) is 9.71. The summed E-state index contributed by atoms with van der Waals surface area (Å²) < 4.78 is 8.67. The maximum Gasteiger partial charge on any atom is 0.272 e. The van der Waals surface area contributed by atoms with Crippen molar-refractivity contribution in [3.05, 3.63) is 28.4 Å². The summed E-state index contributed by atoms with van der Waals surface area (Å²) in [5, 5.41) is 8.61. The molecule has 1 aliphatic heterocycles. The van der Waals surface area contributed by atoms with Crippen molar-refractivity contribution in [3.63, 3.8) is 0 Å². The molecule has 1 saturated heterocycles. The topological polar surface area (TPSA) is 73.2 Å². The number of nitrogens with zero attached hydrogens (tertiary/aromatic N) is 2. The Bertz CT molecular complexity index is 836. The van der Waals surface area contributed by atoms with Crippen LogP contribution < -0.4 is 5.32 Å². The number of carbonyl (C=O) groups is 2. The summed E-state index contributed by atoms with van der Waals surface area (Å²) >= 11 is 3.50. The van der Waals surface area contributed by atoms with Crippen molar-refractivity contribution in [3.8, 4) is 0 Å². The summed E-state index contributed by atoms with van der Waals surface area (Å²) in [6.07, 6.45) is 7.34. The first-order chi connectivity index (χ1) is 13.2. The fourth-order valence-electron chi connectivity index (χ4n) is 4.07. The maximum absolute atomic E-state index is 13.0. The van der Waals surface area contributed by atoms with Gasteiger partial charge in [0.25, 0.3) is 5.91 Å². The summed E-state index contributed by atoms with van der Waals surface area (Å²) in [6.45, 7) is 0.726. The van der Waals surface area contributed by atoms with E-state index in [1.54, 1.807) is 0 Å². The molecule has 2 heterocycles. The van der Waals surface area contributed by atoms with E-state index in [1.807, 2.05) is 22.9 Å². The average Bonchev–Trinajstić information content (AvgIpc) is 3.08. The molecule has 1 saturated carbocycles. The smallest absolute Gasteiger partial charge is 0.272 e. The molecule has 144 valence electrons. The number of halogens is 1. The van der Waals surface area contributed by atoms with Gasteiger partial charge in [0, 0.05) is 28.4 Å². The molecule has 1 aliphatic carbocycles. The maximum atomic E-state index is 13.0. The monoisotopic (exact) mass is 433 g/mol. The first-order valence-corrected chi connectivity index (χ1v) is 10.5. The summed E-state index contributed by atoms with van der Waals surface area (Å²) in [7, 11) is 0. The third-order valence-corrected chi connectivity index (χ3v) is 6.10. The van der Waals surface area contributed by atoms with Gasteiger partial charge in [-0.1, -0.05) is 15.9 Å².